The number of unbranched alkanes of at least 4 members (excludes halogenated alkanes) is 7. The first-order chi connectivity index (χ1) is 20.9. The highest BCUT2D eigenvalue weighted by Crippen LogP contribution is 2.29. The highest BCUT2D eigenvalue weighted by atomic mass is 32.1. The SMILES string of the molecule is Cc1ncsc1-c1ccc(C(C)NC(=O)[C@@H]2C[C@@H](O)CN2C(=O)C(NC(=O)CCCCCCCCCCO)C(C)(C)C)cc1. The number of benzene rings is 1. The number of rotatable bonds is 16. The molecule has 1 aromatic carbocycles. The number of carbonyl (C=O) groups excluding carboxylic acids is 3. The van der Waals surface area contributed by atoms with Crippen molar-refractivity contribution in [3.63, 3.8) is 0 Å². The number of β-amino-alcohol motifs (C(OH)–C–C–N with tert-alkyl or cyclic N) is 1. The van der Waals surface area contributed by atoms with Gasteiger partial charge in [-0.25, -0.2) is 4.98 Å². The van der Waals surface area contributed by atoms with Gasteiger partial charge in [-0.05, 0) is 43.2 Å². The van der Waals surface area contributed by atoms with E-state index in [-0.39, 0.29) is 43.3 Å². The monoisotopic (exact) mass is 628 g/mol. The summed E-state index contributed by atoms with van der Waals surface area (Å²) in [6.45, 7) is 9.87. The van der Waals surface area contributed by atoms with E-state index in [4.69, 9.17) is 5.11 Å². The lowest BCUT2D eigenvalue weighted by atomic mass is 9.85. The van der Waals surface area contributed by atoms with Crippen LogP contribution in [0.1, 0.15) is 109 Å². The Morgan fingerprint density at radius 3 is 2.18 bits per heavy atom. The lowest BCUT2D eigenvalue weighted by Crippen LogP contribution is -2.57. The summed E-state index contributed by atoms with van der Waals surface area (Å²) < 4.78 is 0. The summed E-state index contributed by atoms with van der Waals surface area (Å²) in [4.78, 5) is 47.1. The Balaban J connectivity index is 1.56. The molecule has 1 aliphatic rings. The van der Waals surface area contributed by atoms with Gasteiger partial charge >= 0.3 is 0 Å². The van der Waals surface area contributed by atoms with Crippen molar-refractivity contribution < 1.29 is 24.6 Å². The average Bonchev–Trinajstić information content (AvgIpc) is 3.59. The molecule has 3 amide bonds. The zero-order valence-electron chi connectivity index (χ0n) is 27.1. The van der Waals surface area contributed by atoms with Crippen molar-refractivity contribution in [3.8, 4) is 10.4 Å². The molecule has 0 saturated carbocycles. The molecule has 4 N–H and O–H groups in total. The summed E-state index contributed by atoms with van der Waals surface area (Å²) in [6, 6.07) is 6.07. The van der Waals surface area contributed by atoms with Crippen LogP contribution in [0.15, 0.2) is 29.8 Å². The third kappa shape index (κ3) is 10.4. The molecule has 10 heteroatoms. The van der Waals surface area contributed by atoms with Crippen LogP contribution in [0.2, 0.25) is 0 Å². The molecule has 244 valence electrons. The molecule has 44 heavy (non-hydrogen) atoms. The Hall–Kier alpha value is -2.82. The summed E-state index contributed by atoms with van der Waals surface area (Å²) in [7, 11) is 0. The summed E-state index contributed by atoms with van der Waals surface area (Å²) >= 11 is 1.59. The van der Waals surface area contributed by atoms with Gasteiger partial charge in [0, 0.05) is 26.0 Å². The molecule has 2 unspecified atom stereocenters. The number of aryl methyl sites for hydroxylation is 1. The minimum atomic E-state index is -0.821. The van der Waals surface area contributed by atoms with Crippen LogP contribution >= 0.6 is 11.3 Å². The molecule has 0 bridgehead atoms. The van der Waals surface area contributed by atoms with E-state index in [0.717, 1.165) is 73.1 Å². The quantitative estimate of drug-likeness (QED) is 0.187. The van der Waals surface area contributed by atoms with E-state index in [1.807, 2.05) is 64.4 Å². The molecule has 1 fully saturated rings. The van der Waals surface area contributed by atoms with Crippen LogP contribution in [0, 0.1) is 12.3 Å². The van der Waals surface area contributed by atoms with Crippen LogP contribution in [0.3, 0.4) is 0 Å². The first-order valence-corrected chi connectivity index (χ1v) is 17.0. The van der Waals surface area contributed by atoms with Crippen molar-refractivity contribution >= 4 is 29.1 Å². The number of aliphatic hydroxyl groups excluding tert-OH is 2. The fourth-order valence-corrected chi connectivity index (χ4v) is 6.52. The van der Waals surface area contributed by atoms with E-state index in [0.29, 0.717) is 6.42 Å². The van der Waals surface area contributed by atoms with Gasteiger partial charge in [0.25, 0.3) is 0 Å². The van der Waals surface area contributed by atoms with Crippen molar-refractivity contribution in [2.24, 2.45) is 5.41 Å². The van der Waals surface area contributed by atoms with Crippen LogP contribution in [-0.4, -0.2) is 69.2 Å². The lowest BCUT2D eigenvalue weighted by molar-refractivity contribution is -0.144. The molecular weight excluding hydrogens is 576 g/mol. The molecule has 1 aromatic heterocycles. The van der Waals surface area contributed by atoms with Crippen LogP contribution < -0.4 is 10.6 Å². The van der Waals surface area contributed by atoms with Crippen LogP contribution in [-0.2, 0) is 14.4 Å². The molecule has 9 nitrogen and oxygen atoms in total. The Labute approximate surface area is 266 Å². The summed E-state index contributed by atoms with van der Waals surface area (Å²) in [5, 5.41) is 25.3. The number of hydrogen-bond acceptors (Lipinski definition) is 7. The fourth-order valence-electron chi connectivity index (χ4n) is 5.71. The third-order valence-electron chi connectivity index (χ3n) is 8.37. The molecule has 2 aromatic rings. The van der Waals surface area contributed by atoms with Crippen molar-refractivity contribution in [2.75, 3.05) is 13.2 Å². The summed E-state index contributed by atoms with van der Waals surface area (Å²) in [6.07, 6.45) is 7.75. The largest absolute Gasteiger partial charge is 0.396 e. The van der Waals surface area contributed by atoms with Gasteiger partial charge in [-0.3, -0.25) is 14.4 Å². The minimum absolute atomic E-state index is 0.0505. The summed E-state index contributed by atoms with van der Waals surface area (Å²) in [5.74, 6) is -0.838. The number of likely N-dealkylation sites (tertiary alicyclic amines) is 1. The number of aromatic nitrogens is 1. The van der Waals surface area contributed by atoms with Crippen molar-refractivity contribution in [3.05, 3.63) is 41.0 Å². The van der Waals surface area contributed by atoms with Crippen LogP contribution in [0.5, 0.6) is 0 Å². The number of amides is 3. The molecule has 1 saturated heterocycles. The zero-order valence-corrected chi connectivity index (χ0v) is 27.9. The van der Waals surface area contributed by atoms with Crippen molar-refractivity contribution in [1.82, 2.24) is 20.5 Å². The Kier molecular flexibility index (Phi) is 13.8. The van der Waals surface area contributed by atoms with E-state index in [1.165, 1.54) is 4.90 Å². The van der Waals surface area contributed by atoms with Gasteiger partial charge in [-0.15, -0.1) is 11.3 Å². The number of thiazole rings is 1. The highest BCUT2D eigenvalue weighted by Gasteiger charge is 2.44. The Morgan fingerprint density at radius 2 is 1.61 bits per heavy atom. The van der Waals surface area contributed by atoms with E-state index >= 15 is 0 Å². The first kappa shape index (κ1) is 35.7. The standard InChI is InChI=1S/C34H52N4O5S/c1-23(25-15-17-26(18-16-25)30-24(2)35-22-44-30)36-32(42)28-20-27(40)21-38(28)33(43)31(34(3,4)5)37-29(41)14-12-10-8-6-7-9-11-13-19-39/h15-18,22-23,27-28,31,39-40H,6-14,19-21H2,1-5H3,(H,36,42)(H,37,41)/t23?,27-,28+,31?/m1/s1. The maximum atomic E-state index is 13.8. The lowest BCUT2D eigenvalue weighted by Gasteiger charge is -2.35. The molecular formula is C34H52N4O5S. The van der Waals surface area contributed by atoms with Crippen LogP contribution in [0.25, 0.3) is 10.4 Å². The van der Waals surface area contributed by atoms with E-state index in [2.05, 4.69) is 15.6 Å². The van der Waals surface area contributed by atoms with Gasteiger partial charge in [0.15, 0.2) is 0 Å². The van der Waals surface area contributed by atoms with Crippen molar-refractivity contribution in [2.45, 2.75) is 123 Å². The third-order valence-corrected chi connectivity index (χ3v) is 9.35. The number of nitrogens with zero attached hydrogens (tertiary/aromatic N) is 2. The molecule has 3 rings (SSSR count). The first-order valence-electron chi connectivity index (χ1n) is 16.1. The van der Waals surface area contributed by atoms with E-state index < -0.39 is 23.6 Å². The molecule has 0 aliphatic carbocycles. The second kappa shape index (κ2) is 17.0. The van der Waals surface area contributed by atoms with Crippen molar-refractivity contribution in [1.29, 1.82) is 0 Å². The predicted molar refractivity (Wildman–Crippen MR) is 175 cm³/mol. The normalized spacial score (nSPS) is 18.2. The number of nitrogens with one attached hydrogen (secondary N) is 2. The number of aliphatic hydroxyl groups is 2. The number of carbonyl (C=O) groups is 3. The topological polar surface area (TPSA) is 132 Å². The average molecular weight is 629 g/mol. The van der Waals surface area contributed by atoms with Gasteiger partial charge in [0.05, 0.1) is 28.2 Å². The van der Waals surface area contributed by atoms with Gasteiger partial charge in [-0.2, -0.15) is 0 Å². The smallest absolute Gasteiger partial charge is 0.246 e. The van der Waals surface area contributed by atoms with Gasteiger partial charge < -0.3 is 25.7 Å². The number of hydrogen-bond donors (Lipinski definition) is 4. The second-order valence-electron chi connectivity index (χ2n) is 13.2. The second-order valence-corrected chi connectivity index (χ2v) is 14.0. The van der Waals surface area contributed by atoms with Gasteiger partial charge in [0.2, 0.25) is 17.7 Å². The van der Waals surface area contributed by atoms with Gasteiger partial charge in [-0.1, -0.05) is 83.6 Å². The zero-order chi connectivity index (χ0) is 32.3. The van der Waals surface area contributed by atoms with E-state index in [1.54, 1.807) is 11.3 Å². The van der Waals surface area contributed by atoms with Crippen LogP contribution in [0.4, 0.5) is 0 Å². The fraction of sp³-hybridized carbons (Fsp3) is 0.647. The molecule has 0 radical (unpaired) electrons. The highest BCUT2D eigenvalue weighted by molar-refractivity contribution is 7.13. The maximum Gasteiger partial charge on any atom is 0.246 e. The molecule has 2 heterocycles. The maximum absolute atomic E-state index is 13.8. The Morgan fingerprint density at radius 1 is 1.00 bits per heavy atom. The van der Waals surface area contributed by atoms with E-state index in [9.17, 15) is 19.5 Å². The predicted octanol–water partition coefficient (Wildman–Crippen LogP) is 5.29. The summed E-state index contributed by atoms with van der Waals surface area (Å²) in [5.41, 5.74) is 4.23. The molecule has 4 atom stereocenters. The molecule has 0 spiro atoms. The van der Waals surface area contributed by atoms with Gasteiger partial charge in [0.1, 0.15) is 12.1 Å². The minimum Gasteiger partial charge on any atom is -0.396 e. The Bertz CT molecular complexity index is 1210. The molecule has 1 aliphatic heterocycles.